The number of aliphatic hydroxyl groups is 1. The van der Waals surface area contributed by atoms with Gasteiger partial charge in [0.1, 0.15) is 11.6 Å². The highest BCUT2D eigenvalue weighted by atomic mass is 16.5. The summed E-state index contributed by atoms with van der Waals surface area (Å²) >= 11 is 0. The molecule has 3 amide bonds. The Morgan fingerprint density at radius 2 is 1.51 bits per heavy atom. The lowest BCUT2D eigenvalue weighted by atomic mass is 9.66. The Kier molecular flexibility index (Phi) is 6.56. The monoisotopic (exact) mass is 575 g/mol. The number of likely N-dealkylation sites (tertiary alicyclic amines) is 1. The van der Waals surface area contributed by atoms with Crippen LogP contribution in [0.3, 0.4) is 0 Å². The van der Waals surface area contributed by atoms with Crippen LogP contribution in [0.1, 0.15) is 31.4 Å². The number of anilines is 2. The topological polar surface area (TPSA) is 108 Å². The molecule has 4 aromatic carbocycles. The van der Waals surface area contributed by atoms with Gasteiger partial charge >= 0.3 is 0 Å². The average molecular weight is 576 g/mol. The molecule has 3 saturated heterocycles. The summed E-state index contributed by atoms with van der Waals surface area (Å²) < 4.78 is 6.75. The van der Waals surface area contributed by atoms with E-state index >= 15 is 0 Å². The van der Waals surface area contributed by atoms with Crippen LogP contribution in [0.5, 0.6) is 0 Å². The van der Waals surface area contributed by atoms with Crippen molar-refractivity contribution < 1.29 is 24.2 Å². The molecule has 6 atom stereocenters. The molecule has 43 heavy (non-hydrogen) atoms. The third-order valence-corrected chi connectivity index (χ3v) is 9.50. The Bertz CT molecular complexity index is 1710. The molecule has 0 aromatic heterocycles. The van der Waals surface area contributed by atoms with Crippen LogP contribution in [-0.4, -0.2) is 51.6 Å². The summed E-state index contributed by atoms with van der Waals surface area (Å²) in [5, 5.41) is 18.7. The van der Waals surface area contributed by atoms with Gasteiger partial charge in [0.15, 0.2) is 0 Å². The number of nitrogens with one attached hydrogen (secondary N) is 2. The third kappa shape index (κ3) is 4.32. The van der Waals surface area contributed by atoms with E-state index in [2.05, 4.69) is 10.6 Å². The van der Waals surface area contributed by atoms with E-state index in [4.69, 9.17) is 4.74 Å². The quantitative estimate of drug-likeness (QED) is 0.290. The van der Waals surface area contributed by atoms with E-state index in [1.807, 2.05) is 97.9 Å². The number of rotatable bonds is 7. The molecule has 3 N–H and O–H groups in total. The van der Waals surface area contributed by atoms with E-state index in [9.17, 15) is 19.5 Å². The predicted octanol–water partition coefficient (Wildman–Crippen LogP) is 4.92. The molecule has 218 valence electrons. The first kappa shape index (κ1) is 27.3. The minimum Gasteiger partial charge on any atom is -0.394 e. The van der Waals surface area contributed by atoms with Crippen LogP contribution in [0.2, 0.25) is 0 Å². The van der Waals surface area contributed by atoms with Crippen molar-refractivity contribution in [3.05, 3.63) is 109 Å². The normalized spacial score (nSPS) is 28.1. The number of amides is 3. The number of nitrogens with zero attached hydrogens (tertiary/aromatic N) is 1. The fourth-order valence-electron chi connectivity index (χ4n) is 7.65. The zero-order chi connectivity index (χ0) is 29.8. The molecular weight excluding hydrogens is 542 g/mol. The maximum atomic E-state index is 14.6. The molecule has 3 aliphatic heterocycles. The highest BCUT2D eigenvalue weighted by Gasteiger charge is 2.78. The van der Waals surface area contributed by atoms with Gasteiger partial charge in [0.25, 0.3) is 0 Å². The summed E-state index contributed by atoms with van der Waals surface area (Å²) in [6, 6.07) is 30.0. The molecule has 8 nitrogen and oxygen atoms in total. The van der Waals surface area contributed by atoms with Crippen LogP contribution in [0, 0.1) is 11.8 Å². The smallest absolute Gasteiger partial charge is 0.250 e. The highest BCUT2D eigenvalue weighted by Crippen LogP contribution is 2.64. The molecule has 0 saturated carbocycles. The summed E-state index contributed by atoms with van der Waals surface area (Å²) in [5.41, 5.74) is -0.238. The van der Waals surface area contributed by atoms with Crippen molar-refractivity contribution >= 4 is 39.9 Å². The zero-order valence-electron chi connectivity index (χ0n) is 23.8. The van der Waals surface area contributed by atoms with Gasteiger partial charge in [-0.05, 0) is 60.4 Å². The number of para-hydroxylation sites is 1. The minimum atomic E-state index is -1.23. The number of benzene rings is 4. The highest BCUT2D eigenvalue weighted by molar-refractivity contribution is 6.06. The lowest BCUT2D eigenvalue weighted by Crippen LogP contribution is -2.54. The molecule has 4 aromatic rings. The Morgan fingerprint density at radius 3 is 2.23 bits per heavy atom. The second-order valence-electron chi connectivity index (χ2n) is 12.0. The SMILES string of the molecule is C[C@]12CCC3(O1)C(C(=O)Nc1ccc4ccccc4c1)N([C@H](CO)c1ccccc1)C(=O)[C@@H]3[C@H]2C(=O)Nc1ccccc1. The molecule has 8 heteroatoms. The van der Waals surface area contributed by atoms with Crippen molar-refractivity contribution in [2.45, 2.75) is 43.1 Å². The van der Waals surface area contributed by atoms with Gasteiger partial charge in [-0.3, -0.25) is 14.4 Å². The molecule has 7 rings (SSSR count). The Labute approximate surface area is 249 Å². The molecule has 3 fully saturated rings. The van der Waals surface area contributed by atoms with Crippen LogP contribution in [0.15, 0.2) is 103 Å². The van der Waals surface area contributed by atoms with Gasteiger partial charge in [-0.1, -0.05) is 78.9 Å². The number of fused-ring (bicyclic) bond motifs is 2. The second-order valence-corrected chi connectivity index (χ2v) is 12.0. The van der Waals surface area contributed by atoms with Crippen molar-refractivity contribution in [1.29, 1.82) is 0 Å². The molecule has 0 radical (unpaired) electrons. The average Bonchev–Trinajstić information content (AvgIpc) is 3.59. The molecule has 1 spiro atoms. The Morgan fingerprint density at radius 1 is 0.860 bits per heavy atom. The zero-order valence-corrected chi connectivity index (χ0v) is 23.8. The molecule has 0 aliphatic carbocycles. The van der Waals surface area contributed by atoms with Crippen molar-refractivity contribution in [3.63, 3.8) is 0 Å². The van der Waals surface area contributed by atoms with Gasteiger partial charge in [-0.2, -0.15) is 0 Å². The van der Waals surface area contributed by atoms with Crippen LogP contribution < -0.4 is 10.6 Å². The van der Waals surface area contributed by atoms with Crippen molar-refractivity contribution in [2.75, 3.05) is 17.2 Å². The van der Waals surface area contributed by atoms with E-state index < -0.39 is 47.6 Å². The number of hydrogen-bond acceptors (Lipinski definition) is 5. The fourth-order valence-corrected chi connectivity index (χ4v) is 7.65. The maximum absolute atomic E-state index is 14.6. The summed E-state index contributed by atoms with van der Waals surface area (Å²) in [6.45, 7) is 1.47. The van der Waals surface area contributed by atoms with E-state index in [0.29, 0.717) is 29.8 Å². The van der Waals surface area contributed by atoms with Crippen molar-refractivity contribution in [1.82, 2.24) is 4.90 Å². The standard InChI is InChI=1S/C35H33N3O5/c1-34-18-19-35(43-34)29(28(34)31(40)36-25-14-6-3-7-15-25)33(42)38(27(21-39)23-11-4-2-5-12-23)30(35)32(41)37-26-17-16-22-10-8-9-13-24(22)20-26/h2-17,20,27-30,39H,18-19,21H2,1H3,(H,36,40)(H,37,41)/t27-,28+,29+,30?,34-,35?/m1/s1. The van der Waals surface area contributed by atoms with E-state index in [0.717, 1.165) is 10.8 Å². The summed E-state index contributed by atoms with van der Waals surface area (Å²) in [6.07, 6.45) is 0.959. The number of aliphatic hydroxyl groups excluding tert-OH is 1. The van der Waals surface area contributed by atoms with Gasteiger partial charge in [0, 0.05) is 11.4 Å². The lowest BCUT2D eigenvalue weighted by Gasteiger charge is -2.37. The number of carbonyl (C=O) groups is 3. The maximum Gasteiger partial charge on any atom is 0.250 e. The first-order chi connectivity index (χ1) is 20.8. The Balaban J connectivity index is 1.30. The van der Waals surface area contributed by atoms with Crippen LogP contribution >= 0.6 is 0 Å². The van der Waals surface area contributed by atoms with Gasteiger partial charge in [0.05, 0.1) is 30.1 Å². The summed E-state index contributed by atoms with van der Waals surface area (Å²) in [7, 11) is 0. The molecule has 3 heterocycles. The number of ether oxygens (including phenoxy) is 1. The second kappa shape index (κ2) is 10.3. The summed E-state index contributed by atoms with van der Waals surface area (Å²) in [4.78, 5) is 44.3. The number of carbonyl (C=O) groups excluding carboxylic acids is 3. The van der Waals surface area contributed by atoms with E-state index in [1.165, 1.54) is 4.90 Å². The Hall–Kier alpha value is -4.53. The van der Waals surface area contributed by atoms with Gasteiger partial charge < -0.3 is 25.4 Å². The third-order valence-electron chi connectivity index (χ3n) is 9.50. The van der Waals surface area contributed by atoms with Gasteiger partial charge in [0.2, 0.25) is 17.7 Å². The molecule has 3 aliphatic rings. The van der Waals surface area contributed by atoms with E-state index in [1.54, 1.807) is 12.1 Å². The molecular formula is C35H33N3O5. The lowest BCUT2D eigenvalue weighted by molar-refractivity contribution is -0.147. The number of hydrogen-bond donors (Lipinski definition) is 3. The van der Waals surface area contributed by atoms with Gasteiger partial charge in [-0.25, -0.2) is 0 Å². The van der Waals surface area contributed by atoms with Crippen LogP contribution in [0.25, 0.3) is 10.8 Å². The van der Waals surface area contributed by atoms with Gasteiger partial charge in [-0.15, -0.1) is 0 Å². The van der Waals surface area contributed by atoms with Crippen LogP contribution in [0.4, 0.5) is 11.4 Å². The van der Waals surface area contributed by atoms with Crippen LogP contribution in [-0.2, 0) is 19.1 Å². The minimum absolute atomic E-state index is 0.315. The molecule has 2 bridgehead atoms. The largest absolute Gasteiger partial charge is 0.394 e. The summed E-state index contributed by atoms with van der Waals surface area (Å²) in [5.74, 6) is -2.79. The first-order valence-corrected chi connectivity index (χ1v) is 14.7. The van der Waals surface area contributed by atoms with Crippen molar-refractivity contribution in [3.8, 4) is 0 Å². The fraction of sp³-hybridized carbons (Fsp3) is 0.286. The predicted molar refractivity (Wildman–Crippen MR) is 163 cm³/mol. The van der Waals surface area contributed by atoms with Crippen molar-refractivity contribution in [2.24, 2.45) is 11.8 Å². The molecule has 2 unspecified atom stereocenters. The first-order valence-electron chi connectivity index (χ1n) is 14.7. The van der Waals surface area contributed by atoms with E-state index in [-0.39, 0.29) is 11.8 Å².